The quantitative estimate of drug-likeness (QED) is 0.565. The molecule has 3 heteroatoms. The van der Waals surface area contributed by atoms with Crippen LogP contribution < -0.4 is 5.32 Å². The third-order valence-corrected chi connectivity index (χ3v) is 2.89. The topological polar surface area (TPSA) is 29.9 Å². The van der Waals surface area contributed by atoms with Crippen LogP contribution in [0.3, 0.4) is 0 Å². The van der Waals surface area contributed by atoms with Crippen molar-refractivity contribution in [3.63, 3.8) is 0 Å². The van der Waals surface area contributed by atoms with Crippen molar-refractivity contribution in [3.8, 4) is 0 Å². The maximum atomic E-state index is 4.57. The Bertz CT molecular complexity index is 364. The third-order valence-electron chi connectivity index (χ3n) is 2.89. The standard InChI is InChI=1S/C15H27N3/c1-5-9-16-10-6-7-14(4)12-15-8-11-18(17-15)13(2)3/h7-8,11,13,16H,5-6,9-10,12H2,1-4H3. The third kappa shape index (κ3) is 5.50. The molecule has 0 atom stereocenters. The Labute approximate surface area is 111 Å². The Morgan fingerprint density at radius 2 is 2.22 bits per heavy atom. The summed E-state index contributed by atoms with van der Waals surface area (Å²) < 4.78 is 2.02. The Morgan fingerprint density at radius 3 is 2.83 bits per heavy atom. The van der Waals surface area contributed by atoms with E-state index >= 15 is 0 Å². The highest BCUT2D eigenvalue weighted by Gasteiger charge is 2.02. The molecule has 0 aromatic carbocycles. The van der Waals surface area contributed by atoms with Gasteiger partial charge in [-0.2, -0.15) is 5.10 Å². The molecule has 1 N–H and O–H groups in total. The molecule has 0 saturated carbocycles. The van der Waals surface area contributed by atoms with Crippen molar-refractivity contribution in [1.82, 2.24) is 15.1 Å². The Balaban J connectivity index is 2.33. The van der Waals surface area contributed by atoms with Gasteiger partial charge in [0.25, 0.3) is 0 Å². The van der Waals surface area contributed by atoms with Crippen molar-refractivity contribution >= 4 is 0 Å². The van der Waals surface area contributed by atoms with E-state index in [0.29, 0.717) is 6.04 Å². The summed E-state index contributed by atoms with van der Waals surface area (Å²) in [5.41, 5.74) is 2.57. The molecular weight excluding hydrogens is 222 g/mol. The first-order valence-corrected chi connectivity index (χ1v) is 7.03. The van der Waals surface area contributed by atoms with E-state index in [4.69, 9.17) is 0 Å². The molecule has 0 radical (unpaired) electrons. The van der Waals surface area contributed by atoms with Crippen LogP contribution in [-0.4, -0.2) is 22.9 Å². The molecule has 1 aromatic rings. The van der Waals surface area contributed by atoms with Gasteiger partial charge in [-0.05, 0) is 52.8 Å². The normalized spacial score (nSPS) is 12.4. The first-order valence-electron chi connectivity index (χ1n) is 7.03. The predicted octanol–water partition coefficient (Wildman–Crippen LogP) is 3.34. The fraction of sp³-hybridized carbons (Fsp3) is 0.667. The number of allylic oxidation sites excluding steroid dienone is 1. The molecule has 0 aliphatic rings. The Kier molecular flexibility index (Phi) is 6.73. The molecule has 0 saturated heterocycles. The van der Waals surface area contributed by atoms with Crippen molar-refractivity contribution < 1.29 is 0 Å². The molecule has 3 nitrogen and oxygen atoms in total. The molecule has 0 bridgehead atoms. The second-order valence-electron chi connectivity index (χ2n) is 5.15. The highest BCUT2D eigenvalue weighted by Crippen LogP contribution is 2.09. The van der Waals surface area contributed by atoms with Crippen LogP contribution in [0.15, 0.2) is 23.9 Å². The number of nitrogens with one attached hydrogen (secondary N) is 1. The van der Waals surface area contributed by atoms with E-state index in [2.05, 4.69) is 56.4 Å². The summed E-state index contributed by atoms with van der Waals surface area (Å²) in [6.07, 6.45) is 7.66. The number of hydrogen-bond acceptors (Lipinski definition) is 2. The summed E-state index contributed by atoms with van der Waals surface area (Å²) in [6.45, 7) is 10.9. The van der Waals surface area contributed by atoms with Gasteiger partial charge in [0.1, 0.15) is 0 Å². The molecule has 0 aliphatic heterocycles. The van der Waals surface area contributed by atoms with E-state index in [9.17, 15) is 0 Å². The lowest BCUT2D eigenvalue weighted by Gasteiger charge is -2.04. The number of nitrogens with zero attached hydrogens (tertiary/aromatic N) is 2. The number of aromatic nitrogens is 2. The second-order valence-corrected chi connectivity index (χ2v) is 5.15. The van der Waals surface area contributed by atoms with E-state index in [1.807, 2.05) is 4.68 Å². The van der Waals surface area contributed by atoms with Crippen molar-refractivity contribution in [2.45, 2.75) is 53.0 Å². The van der Waals surface area contributed by atoms with E-state index in [0.717, 1.165) is 25.9 Å². The van der Waals surface area contributed by atoms with Gasteiger partial charge < -0.3 is 5.32 Å². The molecule has 1 heterocycles. The van der Waals surface area contributed by atoms with Crippen molar-refractivity contribution in [1.29, 1.82) is 0 Å². The first-order chi connectivity index (χ1) is 8.63. The molecule has 0 spiro atoms. The zero-order valence-electron chi connectivity index (χ0n) is 12.2. The zero-order valence-corrected chi connectivity index (χ0v) is 12.2. The predicted molar refractivity (Wildman–Crippen MR) is 77.9 cm³/mol. The summed E-state index contributed by atoms with van der Waals surface area (Å²) in [4.78, 5) is 0. The van der Waals surface area contributed by atoms with Gasteiger partial charge in [-0.3, -0.25) is 4.68 Å². The number of hydrogen-bond donors (Lipinski definition) is 1. The van der Waals surface area contributed by atoms with Gasteiger partial charge in [-0.1, -0.05) is 18.6 Å². The number of rotatable bonds is 8. The SMILES string of the molecule is CCCNCCC=C(C)Cc1ccn(C(C)C)n1. The summed E-state index contributed by atoms with van der Waals surface area (Å²) in [5.74, 6) is 0. The van der Waals surface area contributed by atoms with Gasteiger partial charge in [0.2, 0.25) is 0 Å². The lowest BCUT2D eigenvalue weighted by atomic mass is 10.1. The van der Waals surface area contributed by atoms with E-state index in [1.165, 1.54) is 17.7 Å². The molecule has 1 rings (SSSR count). The van der Waals surface area contributed by atoms with Crippen LogP contribution in [0.25, 0.3) is 0 Å². The fourth-order valence-electron chi connectivity index (χ4n) is 1.84. The summed E-state index contributed by atoms with van der Waals surface area (Å²) in [6, 6.07) is 2.56. The molecule has 18 heavy (non-hydrogen) atoms. The monoisotopic (exact) mass is 249 g/mol. The average Bonchev–Trinajstić information content (AvgIpc) is 2.77. The minimum atomic E-state index is 0.446. The van der Waals surface area contributed by atoms with Gasteiger partial charge >= 0.3 is 0 Å². The molecule has 0 unspecified atom stereocenters. The fourth-order valence-corrected chi connectivity index (χ4v) is 1.84. The molecule has 102 valence electrons. The van der Waals surface area contributed by atoms with Crippen molar-refractivity contribution in [3.05, 3.63) is 29.6 Å². The van der Waals surface area contributed by atoms with Gasteiger partial charge in [0.05, 0.1) is 5.69 Å². The molecule has 0 fully saturated rings. The summed E-state index contributed by atoms with van der Waals surface area (Å²) in [7, 11) is 0. The molecule has 0 amide bonds. The molecule has 0 aliphatic carbocycles. The minimum absolute atomic E-state index is 0.446. The van der Waals surface area contributed by atoms with Crippen LogP contribution in [0.2, 0.25) is 0 Å². The van der Waals surface area contributed by atoms with E-state index in [1.54, 1.807) is 0 Å². The first kappa shape index (κ1) is 15.0. The van der Waals surface area contributed by atoms with Crippen LogP contribution in [0, 0.1) is 0 Å². The van der Waals surface area contributed by atoms with Crippen LogP contribution >= 0.6 is 0 Å². The smallest absolute Gasteiger partial charge is 0.0664 e. The molecular formula is C15H27N3. The Morgan fingerprint density at radius 1 is 1.44 bits per heavy atom. The Hall–Kier alpha value is -1.09. The summed E-state index contributed by atoms with van der Waals surface area (Å²) in [5, 5.41) is 7.98. The second kappa shape index (κ2) is 8.09. The van der Waals surface area contributed by atoms with Gasteiger partial charge in [-0.25, -0.2) is 0 Å². The zero-order chi connectivity index (χ0) is 13.4. The highest BCUT2D eigenvalue weighted by molar-refractivity contribution is 5.12. The van der Waals surface area contributed by atoms with Crippen LogP contribution in [-0.2, 0) is 6.42 Å². The largest absolute Gasteiger partial charge is 0.316 e. The van der Waals surface area contributed by atoms with Gasteiger partial charge in [0.15, 0.2) is 0 Å². The lowest BCUT2D eigenvalue weighted by molar-refractivity contribution is 0.527. The van der Waals surface area contributed by atoms with Gasteiger partial charge in [0, 0.05) is 18.7 Å². The van der Waals surface area contributed by atoms with Crippen LogP contribution in [0.4, 0.5) is 0 Å². The average molecular weight is 249 g/mol. The van der Waals surface area contributed by atoms with Crippen molar-refractivity contribution in [2.75, 3.05) is 13.1 Å². The van der Waals surface area contributed by atoms with Crippen LogP contribution in [0.1, 0.15) is 52.3 Å². The van der Waals surface area contributed by atoms with Gasteiger partial charge in [-0.15, -0.1) is 0 Å². The van der Waals surface area contributed by atoms with Crippen molar-refractivity contribution in [2.24, 2.45) is 0 Å². The molecule has 1 aromatic heterocycles. The maximum Gasteiger partial charge on any atom is 0.0664 e. The van der Waals surface area contributed by atoms with Crippen LogP contribution in [0.5, 0.6) is 0 Å². The highest BCUT2D eigenvalue weighted by atomic mass is 15.3. The minimum Gasteiger partial charge on any atom is -0.316 e. The van der Waals surface area contributed by atoms with E-state index in [-0.39, 0.29) is 0 Å². The lowest BCUT2D eigenvalue weighted by Crippen LogP contribution is -2.15. The van der Waals surface area contributed by atoms with E-state index < -0.39 is 0 Å². The maximum absolute atomic E-state index is 4.57. The summed E-state index contributed by atoms with van der Waals surface area (Å²) >= 11 is 0.